The van der Waals surface area contributed by atoms with Crippen LogP contribution in [-0.2, 0) is 16.1 Å². The number of nitrogens with one attached hydrogen (secondary N) is 2. The topological polar surface area (TPSA) is 93.1 Å². The number of benzene rings is 2. The normalized spacial score (nSPS) is 10.8. The summed E-state index contributed by atoms with van der Waals surface area (Å²) < 4.78 is 1.32. The minimum Gasteiger partial charge on any atom is -0.326 e. The fraction of sp³-hybridized carbons (Fsp3) is 0.130. The van der Waals surface area contributed by atoms with Crippen LogP contribution in [0, 0.1) is 6.92 Å². The first-order valence-electron chi connectivity index (χ1n) is 9.64. The molecule has 0 aliphatic carbocycles. The lowest BCUT2D eigenvalue weighted by Gasteiger charge is -2.09. The average molecular weight is 433 g/mol. The van der Waals surface area contributed by atoms with Crippen molar-refractivity contribution in [2.45, 2.75) is 20.4 Å². The molecule has 0 aliphatic heterocycles. The van der Waals surface area contributed by atoms with E-state index in [2.05, 4.69) is 15.6 Å². The summed E-state index contributed by atoms with van der Waals surface area (Å²) in [6, 6.07) is 16.5. The van der Waals surface area contributed by atoms with Crippen LogP contribution in [0.5, 0.6) is 0 Å². The molecule has 156 valence electrons. The molecule has 0 spiro atoms. The van der Waals surface area contributed by atoms with E-state index in [1.54, 1.807) is 24.3 Å². The van der Waals surface area contributed by atoms with Crippen LogP contribution < -0.4 is 16.2 Å². The predicted octanol–water partition coefficient (Wildman–Crippen LogP) is 4.03. The summed E-state index contributed by atoms with van der Waals surface area (Å²) >= 11 is 1.47. The number of nitrogens with zero attached hydrogens (tertiary/aromatic N) is 2. The molecule has 0 saturated heterocycles. The molecule has 7 nitrogen and oxygen atoms in total. The van der Waals surface area contributed by atoms with Gasteiger partial charge in [0.1, 0.15) is 11.4 Å². The lowest BCUT2D eigenvalue weighted by Crippen LogP contribution is -2.27. The summed E-state index contributed by atoms with van der Waals surface area (Å²) in [4.78, 5) is 42.9. The molecule has 31 heavy (non-hydrogen) atoms. The molecule has 0 radical (unpaired) electrons. The lowest BCUT2D eigenvalue weighted by molar-refractivity contribution is -0.117. The Hall–Kier alpha value is -3.78. The number of hydrogen-bond acceptors (Lipinski definition) is 5. The van der Waals surface area contributed by atoms with Crippen LogP contribution in [0.2, 0.25) is 0 Å². The first kappa shape index (κ1) is 20.5. The number of carbonyl (C=O) groups excluding carboxylic acids is 2. The quantitative estimate of drug-likeness (QED) is 0.498. The van der Waals surface area contributed by atoms with E-state index in [0.29, 0.717) is 21.6 Å². The molecule has 2 aromatic carbocycles. The molecular weight excluding hydrogens is 412 g/mol. The zero-order valence-electron chi connectivity index (χ0n) is 17.0. The van der Waals surface area contributed by atoms with Crippen molar-refractivity contribution in [2.24, 2.45) is 0 Å². The SMILES string of the molecule is CC(=O)Nc1ccc(NC(=O)Cn2cnc3sc(C)c(-c4ccccc4)c3c2=O)cc1. The third-order valence-electron chi connectivity index (χ3n) is 4.72. The zero-order valence-corrected chi connectivity index (χ0v) is 17.8. The first-order valence-corrected chi connectivity index (χ1v) is 10.5. The van der Waals surface area contributed by atoms with Crippen molar-refractivity contribution in [1.29, 1.82) is 0 Å². The molecular formula is C23H20N4O3S. The molecule has 4 rings (SSSR count). The smallest absolute Gasteiger partial charge is 0.263 e. The van der Waals surface area contributed by atoms with Gasteiger partial charge in [0.05, 0.1) is 11.7 Å². The minimum atomic E-state index is -0.344. The number of carbonyl (C=O) groups is 2. The van der Waals surface area contributed by atoms with Crippen molar-refractivity contribution in [3.8, 4) is 11.1 Å². The van der Waals surface area contributed by atoms with Gasteiger partial charge >= 0.3 is 0 Å². The van der Waals surface area contributed by atoms with Crippen LogP contribution >= 0.6 is 11.3 Å². The second kappa shape index (κ2) is 8.53. The highest BCUT2D eigenvalue weighted by molar-refractivity contribution is 7.19. The van der Waals surface area contributed by atoms with Crippen molar-refractivity contribution in [3.63, 3.8) is 0 Å². The summed E-state index contributed by atoms with van der Waals surface area (Å²) in [5.41, 5.74) is 2.77. The van der Waals surface area contributed by atoms with Crippen molar-refractivity contribution >= 4 is 44.7 Å². The maximum atomic E-state index is 13.2. The monoisotopic (exact) mass is 432 g/mol. The standard InChI is InChI=1S/C23H20N4O3S/c1-14-20(16-6-4-3-5-7-16)21-22(31-14)24-13-27(23(21)30)12-19(29)26-18-10-8-17(9-11-18)25-15(2)28/h3-11,13H,12H2,1-2H3,(H,25,28)(H,26,29). The van der Waals surface area contributed by atoms with E-state index in [1.165, 1.54) is 29.2 Å². The number of aromatic nitrogens is 2. The van der Waals surface area contributed by atoms with Gasteiger partial charge in [0.15, 0.2) is 0 Å². The molecule has 8 heteroatoms. The number of thiophene rings is 1. The van der Waals surface area contributed by atoms with Crippen molar-refractivity contribution in [2.75, 3.05) is 10.6 Å². The van der Waals surface area contributed by atoms with E-state index in [-0.39, 0.29) is 23.9 Å². The van der Waals surface area contributed by atoms with Crippen molar-refractivity contribution in [1.82, 2.24) is 9.55 Å². The third-order valence-corrected chi connectivity index (χ3v) is 5.73. The maximum Gasteiger partial charge on any atom is 0.263 e. The summed E-state index contributed by atoms with van der Waals surface area (Å²) in [6.07, 6.45) is 1.41. The Labute approximate surface area is 182 Å². The van der Waals surface area contributed by atoms with Gasteiger partial charge in [-0.05, 0) is 36.8 Å². The molecule has 2 aromatic heterocycles. The molecule has 0 saturated carbocycles. The van der Waals surface area contributed by atoms with E-state index >= 15 is 0 Å². The predicted molar refractivity (Wildman–Crippen MR) is 123 cm³/mol. The Kier molecular flexibility index (Phi) is 5.64. The highest BCUT2D eigenvalue weighted by Gasteiger charge is 2.17. The van der Waals surface area contributed by atoms with Gasteiger partial charge in [-0.15, -0.1) is 11.3 Å². The second-order valence-corrected chi connectivity index (χ2v) is 8.27. The molecule has 2 N–H and O–H groups in total. The van der Waals surface area contributed by atoms with Crippen LogP contribution in [0.1, 0.15) is 11.8 Å². The Morgan fingerprint density at radius 1 is 1.00 bits per heavy atom. The van der Waals surface area contributed by atoms with Gasteiger partial charge in [-0.1, -0.05) is 30.3 Å². The molecule has 2 heterocycles. The summed E-state index contributed by atoms with van der Waals surface area (Å²) in [6.45, 7) is 3.24. The van der Waals surface area contributed by atoms with Crippen LogP contribution in [0.15, 0.2) is 65.7 Å². The highest BCUT2D eigenvalue weighted by atomic mass is 32.1. The van der Waals surface area contributed by atoms with E-state index in [0.717, 1.165) is 16.0 Å². The van der Waals surface area contributed by atoms with Gasteiger partial charge in [-0.3, -0.25) is 19.0 Å². The Bertz CT molecular complexity index is 1320. The molecule has 0 unspecified atom stereocenters. The second-order valence-electron chi connectivity index (χ2n) is 7.06. The summed E-state index contributed by atoms with van der Waals surface area (Å²) in [5, 5.41) is 5.96. The molecule has 0 fully saturated rings. The maximum absolute atomic E-state index is 13.2. The molecule has 0 aliphatic rings. The Morgan fingerprint density at radius 3 is 2.29 bits per heavy atom. The van der Waals surface area contributed by atoms with Crippen LogP contribution in [0.4, 0.5) is 11.4 Å². The van der Waals surface area contributed by atoms with Gasteiger partial charge in [-0.25, -0.2) is 4.98 Å². The van der Waals surface area contributed by atoms with Crippen molar-refractivity contribution < 1.29 is 9.59 Å². The third kappa shape index (κ3) is 4.39. The van der Waals surface area contributed by atoms with Gasteiger partial charge in [0.2, 0.25) is 11.8 Å². The number of anilines is 2. The number of hydrogen-bond donors (Lipinski definition) is 2. The minimum absolute atomic E-state index is 0.154. The van der Waals surface area contributed by atoms with Crippen LogP contribution in [0.25, 0.3) is 21.3 Å². The number of aryl methyl sites for hydroxylation is 1. The van der Waals surface area contributed by atoms with Gasteiger partial charge < -0.3 is 10.6 Å². The largest absolute Gasteiger partial charge is 0.326 e. The fourth-order valence-corrected chi connectivity index (χ4v) is 4.40. The zero-order chi connectivity index (χ0) is 22.0. The number of amides is 2. The van der Waals surface area contributed by atoms with Crippen LogP contribution in [0.3, 0.4) is 0 Å². The molecule has 4 aromatic rings. The Morgan fingerprint density at radius 2 is 1.65 bits per heavy atom. The molecule has 2 amide bonds. The van der Waals surface area contributed by atoms with E-state index < -0.39 is 0 Å². The first-order chi connectivity index (χ1) is 14.9. The van der Waals surface area contributed by atoms with Crippen LogP contribution in [-0.4, -0.2) is 21.4 Å². The molecule has 0 atom stereocenters. The Balaban J connectivity index is 1.59. The number of rotatable bonds is 5. The molecule has 0 bridgehead atoms. The van der Waals surface area contributed by atoms with E-state index in [4.69, 9.17) is 0 Å². The lowest BCUT2D eigenvalue weighted by atomic mass is 10.0. The van der Waals surface area contributed by atoms with E-state index in [9.17, 15) is 14.4 Å². The highest BCUT2D eigenvalue weighted by Crippen LogP contribution is 2.35. The average Bonchev–Trinajstić information content (AvgIpc) is 3.08. The van der Waals surface area contributed by atoms with E-state index in [1.807, 2.05) is 37.3 Å². The summed E-state index contributed by atoms with van der Waals surface area (Å²) in [5.74, 6) is -0.513. The van der Waals surface area contributed by atoms with Crippen molar-refractivity contribution in [3.05, 3.63) is 76.2 Å². The van der Waals surface area contributed by atoms with Gasteiger partial charge in [0.25, 0.3) is 5.56 Å². The number of fused-ring (bicyclic) bond motifs is 1. The fourth-order valence-electron chi connectivity index (χ4n) is 3.40. The van der Waals surface area contributed by atoms with Gasteiger partial charge in [-0.2, -0.15) is 0 Å². The summed E-state index contributed by atoms with van der Waals surface area (Å²) in [7, 11) is 0. The van der Waals surface area contributed by atoms with Gasteiger partial charge in [0, 0.05) is 28.7 Å².